The summed E-state index contributed by atoms with van der Waals surface area (Å²) >= 11 is 6.14. The van der Waals surface area contributed by atoms with Crippen molar-refractivity contribution in [1.82, 2.24) is 0 Å². The first-order chi connectivity index (χ1) is 14.1. The molecule has 3 rings (SSSR count). The van der Waals surface area contributed by atoms with Crippen LogP contribution < -0.4 is 0 Å². The molecule has 0 atom stereocenters. The summed E-state index contributed by atoms with van der Waals surface area (Å²) in [5, 5.41) is 22.0. The van der Waals surface area contributed by atoms with Gasteiger partial charge < -0.3 is 5.11 Å². The Morgan fingerprint density at radius 3 is 2.50 bits per heavy atom. The Morgan fingerprint density at radius 2 is 1.83 bits per heavy atom. The van der Waals surface area contributed by atoms with Gasteiger partial charge in [0, 0.05) is 22.9 Å². The van der Waals surface area contributed by atoms with E-state index in [0.717, 1.165) is 23.9 Å². The number of aliphatic imine (C=N–C) groups is 1. The molecule has 0 saturated carbocycles. The molecule has 0 aliphatic rings. The maximum atomic E-state index is 12.9. The van der Waals surface area contributed by atoms with Gasteiger partial charge in [-0.2, -0.15) is 13.2 Å². The smallest absolute Gasteiger partial charge is 0.416 e. The third-order valence-electron chi connectivity index (χ3n) is 4.25. The van der Waals surface area contributed by atoms with Crippen molar-refractivity contribution in [3.8, 4) is 5.75 Å². The van der Waals surface area contributed by atoms with E-state index in [-0.39, 0.29) is 17.7 Å². The number of rotatable bonds is 5. The highest BCUT2D eigenvalue weighted by Gasteiger charge is 2.30. The number of benzene rings is 3. The summed E-state index contributed by atoms with van der Waals surface area (Å²) in [5.41, 5.74) is -0.213. The fourth-order valence-electron chi connectivity index (χ4n) is 2.81. The first-order valence-electron chi connectivity index (χ1n) is 8.60. The summed E-state index contributed by atoms with van der Waals surface area (Å²) in [6, 6.07) is 14.0. The molecular formula is C21H14ClF3N2O3. The second kappa shape index (κ2) is 8.54. The van der Waals surface area contributed by atoms with Crippen LogP contribution >= 0.6 is 11.6 Å². The predicted octanol–water partition coefficient (Wildman–Crippen LogP) is 6.31. The Balaban J connectivity index is 2.00. The third kappa shape index (κ3) is 4.96. The lowest BCUT2D eigenvalue weighted by molar-refractivity contribution is -0.385. The number of nitro groups is 1. The van der Waals surface area contributed by atoms with Crippen LogP contribution in [0.2, 0.25) is 5.02 Å². The minimum atomic E-state index is -4.53. The first-order valence-corrected chi connectivity index (χ1v) is 8.98. The summed E-state index contributed by atoms with van der Waals surface area (Å²) in [7, 11) is 0. The van der Waals surface area contributed by atoms with Crippen LogP contribution in [-0.2, 0) is 12.6 Å². The van der Waals surface area contributed by atoms with Gasteiger partial charge in [0.15, 0.2) is 0 Å². The van der Waals surface area contributed by atoms with Crippen LogP contribution in [0.25, 0.3) is 0 Å². The summed E-state index contributed by atoms with van der Waals surface area (Å²) in [6.45, 7) is 0. The summed E-state index contributed by atoms with van der Waals surface area (Å²) in [4.78, 5) is 14.5. The van der Waals surface area contributed by atoms with Crippen molar-refractivity contribution < 1.29 is 23.2 Å². The fraction of sp³-hybridized carbons (Fsp3) is 0.0952. The van der Waals surface area contributed by atoms with Crippen molar-refractivity contribution in [1.29, 1.82) is 0 Å². The lowest BCUT2D eigenvalue weighted by atomic mass is 10.0. The Hall–Kier alpha value is -3.39. The van der Waals surface area contributed by atoms with Crippen LogP contribution in [0.1, 0.15) is 22.3 Å². The molecule has 0 unspecified atom stereocenters. The summed E-state index contributed by atoms with van der Waals surface area (Å²) in [6.07, 6.45) is -3.18. The van der Waals surface area contributed by atoms with Gasteiger partial charge in [-0.3, -0.25) is 15.1 Å². The molecule has 0 aliphatic heterocycles. The van der Waals surface area contributed by atoms with Crippen LogP contribution in [0.4, 0.5) is 24.5 Å². The number of phenolic OH excluding ortho intramolecular Hbond substituents is 1. The maximum Gasteiger partial charge on any atom is 0.416 e. The molecule has 0 saturated heterocycles. The number of alkyl halides is 3. The summed E-state index contributed by atoms with van der Waals surface area (Å²) in [5.74, 6) is -0.626. The second-order valence-corrected chi connectivity index (χ2v) is 6.79. The topological polar surface area (TPSA) is 75.7 Å². The van der Waals surface area contributed by atoms with Crippen molar-refractivity contribution in [2.45, 2.75) is 12.6 Å². The van der Waals surface area contributed by atoms with Crippen molar-refractivity contribution >= 4 is 29.2 Å². The van der Waals surface area contributed by atoms with Crippen LogP contribution in [0, 0.1) is 10.1 Å². The quantitative estimate of drug-likeness (QED) is 0.290. The predicted molar refractivity (Wildman–Crippen MR) is 108 cm³/mol. The molecule has 3 aromatic rings. The third-order valence-corrected chi connectivity index (χ3v) is 4.62. The maximum absolute atomic E-state index is 12.9. The molecule has 9 heteroatoms. The lowest BCUT2D eigenvalue weighted by Gasteiger charge is -2.08. The van der Waals surface area contributed by atoms with Gasteiger partial charge in [0.1, 0.15) is 0 Å². The van der Waals surface area contributed by atoms with E-state index in [0.29, 0.717) is 10.6 Å². The zero-order chi connectivity index (χ0) is 21.9. The Morgan fingerprint density at radius 1 is 1.10 bits per heavy atom. The number of nitro benzene ring substituents is 1. The average Bonchev–Trinajstić information content (AvgIpc) is 2.69. The normalized spacial score (nSPS) is 11.7. The van der Waals surface area contributed by atoms with Gasteiger partial charge in [-0.25, -0.2) is 0 Å². The van der Waals surface area contributed by atoms with E-state index >= 15 is 0 Å². The van der Waals surface area contributed by atoms with Gasteiger partial charge in [-0.1, -0.05) is 35.9 Å². The van der Waals surface area contributed by atoms with E-state index in [1.165, 1.54) is 24.3 Å². The van der Waals surface area contributed by atoms with E-state index in [2.05, 4.69) is 4.99 Å². The van der Waals surface area contributed by atoms with Gasteiger partial charge in [0.25, 0.3) is 0 Å². The number of phenols is 1. The molecule has 1 N–H and O–H groups in total. The number of aromatic hydroxyl groups is 1. The van der Waals surface area contributed by atoms with Crippen molar-refractivity contribution in [2.75, 3.05) is 0 Å². The molecule has 3 aromatic carbocycles. The molecule has 0 radical (unpaired) electrons. The number of nitrogens with zero attached hydrogens (tertiary/aromatic N) is 2. The highest BCUT2D eigenvalue weighted by atomic mass is 35.5. The van der Waals surface area contributed by atoms with Crippen LogP contribution in [0.15, 0.2) is 65.7 Å². The Kier molecular flexibility index (Phi) is 6.07. The van der Waals surface area contributed by atoms with Gasteiger partial charge in [-0.15, -0.1) is 0 Å². The van der Waals surface area contributed by atoms with Crippen molar-refractivity contribution in [3.63, 3.8) is 0 Å². The minimum absolute atomic E-state index is 0.00339. The molecule has 0 heterocycles. The monoisotopic (exact) mass is 434 g/mol. The van der Waals surface area contributed by atoms with E-state index in [9.17, 15) is 28.4 Å². The Bertz CT molecular complexity index is 1130. The molecule has 154 valence electrons. The molecule has 0 amide bonds. The number of halogens is 4. The van der Waals surface area contributed by atoms with E-state index in [1.807, 2.05) is 0 Å². The molecule has 0 aromatic heterocycles. The molecule has 0 spiro atoms. The van der Waals surface area contributed by atoms with Crippen molar-refractivity contribution in [3.05, 3.63) is 98.1 Å². The average molecular weight is 435 g/mol. The van der Waals surface area contributed by atoms with Crippen molar-refractivity contribution in [2.24, 2.45) is 4.99 Å². The van der Waals surface area contributed by atoms with E-state index in [1.54, 1.807) is 24.3 Å². The van der Waals surface area contributed by atoms with Crippen LogP contribution in [0.3, 0.4) is 0 Å². The van der Waals surface area contributed by atoms with Crippen LogP contribution in [-0.4, -0.2) is 16.2 Å². The zero-order valence-electron chi connectivity index (χ0n) is 15.2. The highest BCUT2D eigenvalue weighted by molar-refractivity contribution is 6.31. The Labute approximate surface area is 174 Å². The SMILES string of the molecule is O=[N+]([O-])c1cc(Cc2ccccc2Cl)cc(C=Nc2cccc(C(F)(F)F)c2)c1O. The molecule has 0 aliphatic carbocycles. The molecule has 5 nitrogen and oxygen atoms in total. The van der Waals surface area contributed by atoms with Gasteiger partial charge in [0.2, 0.25) is 5.75 Å². The second-order valence-electron chi connectivity index (χ2n) is 6.38. The number of hydrogen-bond acceptors (Lipinski definition) is 4. The highest BCUT2D eigenvalue weighted by Crippen LogP contribution is 2.34. The first kappa shape index (κ1) is 21.3. The van der Waals surface area contributed by atoms with E-state index in [4.69, 9.17) is 11.6 Å². The van der Waals surface area contributed by atoms with Gasteiger partial charge in [-0.05, 0) is 47.9 Å². The zero-order valence-corrected chi connectivity index (χ0v) is 16.0. The lowest BCUT2D eigenvalue weighted by Crippen LogP contribution is -2.03. The molecule has 0 fully saturated rings. The molecular weight excluding hydrogens is 421 g/mol. The number of hydrogen-bond donors (Lipinski definition) is 1. The fourth-order valence-corrected chi connectivity index (χ4v) is 3.01. The minimum Gasteiger partial charge on any atom is -0.502 e. The van der Waals surface area contributed by atoms with Gasteiger partial charge >= 0.3 is 11.9 Å². The standard InChI is InChI=1S/C21H14ClF3N2O3/c22-18-7-2-1-4-14(18)8-13-9-15(20(28)19(10-13)27(29)30)12-26-17-6-3-5-16(11-17)21(23,24)25/h1-7,9-12,28H,8H2. The van der Waals surface area contributed by atoms with Gasteiger partial charge in [0.05, 0.1) is 16.2 Å². The largest absolute Gasteiger partial charge is 0.502 e. The van der Waals surface area contributed by atoms with E-state index < -0.39 is 28.1 Å². The summed E-state index contributed by atoms with van der Waals surface area (Å²) < 4.78 is 38.6. The molecule has 30 heavy (non-hydrogen) atoms. The molecule has 0 bridgehead atoms. The van der Waals surface area contributed by atoms with Crippen LogP contribution in [0.5, 0.6) is 5.75 Å².